The standard InChI is InChI=1S/C11H14BrF6NO/c12-7-4-2-1-3-6(7)5-19-9(20)8(10(13,14)15)11(16,17)18/h6-8H,1-5H2,(H,19,20). The summed E-state index contributed by atoms with van der Waals surface area (Å²) in [6, 6.07) is 0. The summed E-state index contributed by atoms with van der Waals surface area (Å²) in [6.45, 7) is -0.183. The van der Waals surface area contributed by atoms with Crippen molar-refractivity contribution in [1.29, 1.82) is 0 Å². The maximum atomic E-state index is 12.3. The molecular weight excluding hydrogens is 356 g/mol. The Labute approximate surface area is 120 Å². The van der Waals surface area contributed by atoms with Gasteiger partial charge in [0.25, 0.3) is 0 Å². The summed E-state index contributed by atoms with van der Waals surface area (Å²) in [5.41, 5.74) is 0. The number of carbonyl (C=O) groups is 1. The Balaban J connectivity index is 2.63. The van der Waals surface area contributed by atoms with Crippen molar-refractivity contribution < 1.29 is 31.1 Å². The maximum absolute atomic E-state index is 12.3. The summed E-state index contributed by atoms with van der Waals surface area (Å²) in [7, 11) is 0. The number of hydrogen-bond donors (Lipinski definition) is 1. The number of rotatable bonds is 3. The van der Waals surface area contributed by atoms with E-state index in [1.165, 1.54) is 0 Å². The van der Waals surface area contributed by atoms with E-state index >= 15 is 0 Å². The zero-order valence-corrected chi connectivity index (χ0v) is 11.9. The highest BCUT2D eigenvalue weighted by Gasteiger charge is 2.61. The average molecular weight is 370 g/mol. The van der Waals surface area contributed by atoms with Crippen LogP contribution in [0.25, 0.3) is 0 Å². The number of hydrogen-bond acceptors (Lipinski definition) is 1. The molecule has 0 aliphatic heterocycles. The second-order valence-electron chi connectivity index (χ2n) is 4.82. The predicted octanol–water partition coefficient (Wildman–Crippen LogP) is 3.80. The molecule has 2 atom stereocenters. The molecule has 2 nitrogen and oxygen atoms in total. The van der Waals surface area contributed by atoms with Crippen molar-refractivity contribution in [3.63, 3.8) is 0 Å². The number of amides is 1. The molecule has 0 aromatic carbocycles. The maximum Gasteiger partial charge on any atom is 0.409 e. The van der Waals surface area contributed by atoms with Crippen LogP contribution in [-0.2, 0) is 4.79 Å². The molecule has 9 heteroatoms. The molecule has 0 aromatic heterocycles. The van der Waals surface area contributed by atoms with Crippen molar-refractivity contribution in [2.24, 2.45) is 11.8 Å². The molecule has 2 unspecified atom stereocenters. The number of halogens is 7. The van der Waals surface area contributed by atoms with Gasteiger partial charge in [-0.2, -0.15) is 26.3 Å². The lowest BCUT2D eigenvalue weighted by atomic mass is 9.89. The minimum atomic E-state index is -5.64. The van der Waals surface area contributed by atoms with E-state index in [1.54, 1.807) is 5.32 Å². The molecule has 0 aromatic rings. The smallest absolute Gasteiger partial charge is 0.355 e. The SMILES string of the molecule is O=C(NCC1CCCCC1Br)C(C(F)(F)F)C(F)(F)F. The third-order valence-electron chi connectivity index (χ3n) is 3.27. The van der Waals surface area contributed by atoms with Gasteiger partial charge in [-0.3, -0.25) is 4.79 Å². The molecule has 1 aliphatic rings. The van der Waals surface area contributed by atoms with Crippen LogP contribution >= 0.6 is 15.9 Å². The Kier molecular flexibility index (Phi) is 5.74. The zero-order valence-electron chi connectivity index (χ0n) is 10.3. The van der Waals surface area contributed by atoms with Crippen molar-refractivity contribution in [3.05, 3.63) is 0 Å². The van der Waals surface area contributed by atoms with Crippen LogP contribution in [0.3, 0.4) is 0 Å². The summed E-state index contributed by atoms with van der Waals surface area (Å²) >= 11 is 3.33. The highest BCUT2D eigenvalue weighted by atomic mass is 79.9. The van der Waals surface area contributed by atoms with Gasteiger partial charge in [-0.25, -0.2) is 0 Å². The largest absolute Gasteiger partial charge is 0.409 e. The van der Waals surface area contributed by atoms with Gasteiger partial charge in [0.15, 0.2) is 0 Å². The average Bonchev–Trinajstić information content (AvgIpc) is 2.23. The van der Waals surface area contributed by atoms with Crippen LogP contribution in [-0.4, -0.2) is 29.6 Å². The van der Waals surface area contributed by atoms with Crippen LogP contribution in [0.1, 0.15) is 25.7 Å². The van der Waals surface area contributed by atoms with E-state index < -0.39 is 24.2 Å². The van der Waals surface area contributed by atoms with Crippen molar-refractivity contribution in [2.75, 3.05) is 6.54 Å². The van der Waals surface area contributed by atoms with E-state index in [0.717, 1.165) is 19.3 Å². The number of nitrogens with one attached hydrogen (secondary N) is 1. The minimum Gasteiger partial charge on any atom is -0.355 e. The van der Waals surface area contributed by atoms with E-state index in [1.807, 2.05) is 0 Å². The van der Waals surface area contributed by atoms with Crippen LogP contribution in [0.15, 0.2) is 0 Å². The summed E-state index contributed by atoms with van der Waals surface area (Å²) in [5, 5.41) is 1.79. The van der Waals surface area contributed by atoms with Gasteiger partial charge in [-0.1, -0.05) is 28.8 Å². The van der Waals surface area contributed by atoms with E-state index in [4.69, 9.17) is 0 Å². The molecule has 1 saturated carbocycles. The molecule has 0 spiro atoms. The molecule has 0 radical (unpaired) electrons. The second-order valence-corrected chi connectivity index (χ2v) is 6.00. The van der Waals surface area contributed by atoms with Gasteiger partial charge in [0, 0.05) is 11.4 Å². The Bertz CT molecular complexity index is 329. The van der Waals surface area contributed by atoms with Crippen LogP contribution < -0.4 is 5.32 Å². The fourth-order valence-corrected chi connectivity index (χ4v) is 2.98. The number of alkyl halides is 7. The Morgan fingerprint density at radius 3 is 2.05 bits per heavy atom. The summed E-state index contributed by atoms with van der Waals surface area (Å²) in [6.07, 6.45) is -8.01. The molecule has 1 aliphatic carbocycles. The molecule has 1 N–H and O–H groups in total. The van der Waals surface area contributed by atoms with Gasteiger partial charge >= 0.3 is 12.4 Å². The molecule has 1 amide bonds. The van der Waals surface area contributed by atoms with Crippen molar-refractivity contribution >= 4 is 21.8 Å². The Hall–Kier alpha value is -0.470. The fraction of sp³-hybridized carbons (Fsp3) is 0.909. The summed E-state index contributed by atoms with van der Waals surface area (Å²) < 4.78 is 73.9. The monoisotopic (exact) mass is 369 g/mol. The molecule has 0 bridgehead atoms. The third kappa shape index (κ3) is 4.82. The number of carbonyl (C=O) groups excluding carboxylic acids is 1. The minimum absolute atomic E-state index is 0.00627. The molecule has 1 fully saturated rings. The van der Waals surface area contributed by atoms with Crippen molar-refractivity contribution in [1.82, 2.24) is 5.32 Å². The predicted molar refractivity (Wildman–Crippen MR) is 63.3 cm³/mol. The lowest BCUT2D eigenvalue weighted by Crippen LogP contribution is -2.49. The first-order chi connectivity index (χ1) is 9.03. The topological polar surface area (TPSA) is 29.1 Å². The molecule has 0 saturated heterocycles. The Morgan fingerprint density at radius 1 is 1.10 bits per heavy atom. The van der Waals surface area contributed by atoms with Crippen LogP contribution in [0.4, 0.5) is 26.3 Å². The summed E-state index contributed by atoms with van der Waals surface area (Å²) in [5.74, 6) is -6.14. The van der Waals surface area contributed by atoms with E-state index in [9.17, 15) is 31.1 Å². The van der Waals surface area contributed by atoms with Gasteiger partial charge in [0.2, 0.25) is 11.8 Å². The van der Waals surface area contributed by atoms with E-state index in [2.05, 4.69) is 15.9 Å². The van der Waals surface area contributed by atoms with Gasteiger partial charge in [0.05, 0.1) is 0 Å². The second kappa shape index (κ2) is 6.53. The quantitative estimate of drug-likeness (QED) is 0.595. The van der Waals surface area contributed by atoms with Crippen LogP contribution in [0, 0.1) is 11.8 Å². The molecule has 20 heavy (non-hydrogen) atoms. The first kappa shape index (κ1) is 17.6. The van der Waals surface area contributed by atoms with Crippen LogP contribution in [0.5, 0.6) is 0 Å². The molecule has 0 heterocycles. The van der Waals surface area contributed by atoms with Gasteiger partial charge < -0.3 is 5.32 Å². The summed E-state index contributed by atoms with van der Waals surface area (Å²) in [4.78, 5) is 11.2. The van der Waals surface area contributed by atoms with Gasteiger partial charge in [-0.15, -0.1) is 0 Å². The van der Waals surface area contributed by atoms with Crippen molar-refractivity contribution in [3.8, 4) is 0 Å². The van der Waals surface area contributed by atoms with Gasteiger partial charge in [0.1, 0.15) is 0 Å². The Morgan fingerprint density at radius 2 is 1.60 bits per heavy atom. The molecule has 118 valence electrons. The van der Waals surface area contributed by atoms with Crippen molar-refractivity contribution in [2.45, 2.75) is 42.9 Å². The lowest BCUT2D eigenvalue weighted by Gasteiger charge is -2.28. The lowest BCUT2D eigenvalue weighted by molar-refractivity contribution is -0.274. The highest BCUT2D eigenvalue weighted by molar-refractivity contribution is 9.09. The fourth-order valence-electron chi connectivity index (χ4n) is 2.21. The zero-order chi connectivity index (χ0) is 15.6. The molecular formula is C11H14BrF6NO. The normalized spacial score (nSPS) is 24.8. The van der Waals surface area contributed by atoms with E-state index in [0.29, 0.717) is 6.42 Å². The van der Waals surface area contributed by atoms with Gasteiger partial charge in [-0.05, 0) is 18.8 Å². The van der Waals surface area contributed by atoms with Crippen LogP contribution in [0.2, 0.25) is 0 Å². The first-order valence-corrected chi connectivity index (χ1v) is 7.00. The molecule has 1 rings (SSSR count). The highest BCUT2D eigenvalue weighted by Crippen LogP contribution is 2.39. The third-order valence-corrected chi connectivity index (χ3v) is 4.48. The first-order valence-electron chi connectivity index (χ1n) is 6.08. The van der Waals surface area contributed by atoms with E-state index in [-0.39, 0.29) is 17.3 Å².